The number of ether oxygens (including phenoxy) is 1. The number of aliphatic hydroxyl groups excluding tert-OH is 1. The summed E-state index contributed by atoms with van der Waals surface area (Å²) in [6.07, 6.45) is 1.06. The Balaban J connectivity index is 2.20. The van der Waals surface area contributed by atoms with E-state index in [0.29, 0.717) is 0 Å². The van der Waals surface area contributed by atoms with E-state index in [-0.39, 0.29) is 18.6 Å². The average molecular weight is 263 g/mol. The van der Waals surface area contributed by atoms with Crippen molar-refractivity contribution in [2.75, 3.05) is 13.2 Å². The summed E-state index contributed by atoms with van der Waals surface area (Å²) in [6.45, 7) is 0.981. The van der Waals surface area contributed by atoms with E-state index in [2.05, 4.69) is 15.9 Å². The van der Waals surface area contributed by atoms with Crippen molar-refractivity contribution in [1.29, 1.82) is 0 Å². The van der Waals surface area contributed by atoms with Crippen molar-refractivity contribution in [3.05, 3.63) is 20.8 Å². The molecular weight excluding hydrogens is 252 g/mol. The standard InChI is InChI=1S/C9H11BrO2S/c10-7-2-4-13-9(7)8-6(5-11)1-3-12-8/h2,4,6,8,11H,1,3,5H2. The van der Waals surface area contributed by atoms with Crippen LogP contribution >= 0.6 is 27.3 Å². The summed E-state index contributed by atoms with van der Waals surface area (Å²) in [4.78, 5) is 1.21. The van der Waals surface area contributed by atoms with Crippen molar-refractivity contribution in [3.63, 3.8) is 0 Å². The summed E-state index contributed by atoms with van der Waals surface area (Å²) >= 11 is 5.16. The Morgan fingerprint density at radius 3 is 3.15 bits per heavy atom. The van der Waals surface area contributed by atoms with Gasteiger partial charge in [-0.3, -0.25) is 0 Å². The molecule has 0 aromatic carbocycles. The highest BCUT2D eigenvalue weighted by Crippen LogP contribution is 2.40. The maximum Gasteiger partial charge on any atom is 0.0978 e. The lowest BCUT2D eigenvalue weighted by Gasteiger charge is -2.14. The van der Waals surface area contributed by atoms with Crippen molar-refractivity contribution < 1.29 is 9.84 Å². The Morgan fingerprint density at radius 1 is 1.69 bits per heavy atom. The molecule has 0 saturated carbocycles. The maximum absolute atomic E-state index is 9.14. The first-order valence-electron chi connectivity index (χ1n) is 4.28. The van der Waals surface area contributed by atoms with Crippen molar-refractivity contribution in [2.45, 2.75) is 12.5 Å². The third kappa shape index (κ3) is 1.81. The Bertz CT molecular complexity index is 287. The second-order valence-corrected chi connectivity index (χ2v) is 4.96. The van der Waals surface area contributed by atoms with E-state index < -0.39 is 0 Å². The maximum atomic E-state index is 9.14. The molecule has 2 atom stereocenters. The normalized spacial score (nSPS) is 28.2. The molecule has 2 rings (SSSR count). The van der Waals surface area contributed by atoms with Crippen molar-refractivity contribution in [1.82, 2.24) is 0 Å². The largest absolute Gasteiger partial charge is 0.396 e. The highest BCUT2D eigenvalue weighted by Gasteiger charge is 2.31. The molecule has 0 spiro atoms. The molecule has 1 aliphatic rings. The molecule has 1 fully saturated rings. The quantitative estimate of drug-likeness (QED) is 0.888. The third-order valence-corrected chi connectivity index (χ3v) is 4.28. The second kappa shape index (κ2) is 4.09. The second-order valence-electron chi connectivity index (χ2n) is 3.16. The molecular formula is C9H11BrO2S. The molecule has 1 aliphatic heterocycles. The van der Waals surface area contributed by atoms with E-state index in [4.69, 9.17) is 9.84 Å². The van der Waals surface area contributed by atoms with Gasteiger partial charge in [0.15, 0.2) is 0 Å². The number of hydrogen-bond donors (Lipinski definition) is 1. The van der Waals surface area contributed by atoms with E-state index in [0.717, 1.165) is 17.5 Å². The molecule has 0 amide bonds. The van der Waals surface area contributed by atoms with Crippen LogP contribution in [0.25, 0.3) is 0 Å². The third-order valence-electron chi connectivity index (χ3n) is 2.35. The van der Waals surface area contributed by atoms with Gasteiger partial charge in [-0.15, -0.1) is 11.3 Å². The zero-order valence-electron chi connectivity index (χ0n) is 7.07. The van der Waals surface area contributed by atoms with Gasteiger partial charge in [-0.05, 0) is 33.8 Å². The van der Waals surface area contributed by atoms with Gasteiger partial charge in [-0.2, -0.15) is 0 Å². The van der Waals surface area contributed by atoms with Gasteiger partial charge in [0.1, 0.15) is 0 Å². The minimum atomic E-state index is 0.0966. The molecule has 1 N–H and O–H groups in total. The average Bonchev–Trinajstić information content (AvgIpc) is 2.71. The van der Waals surface area contributed by atoms with Gasteiger partial charge in [0, 0.05) is 28.5 Å². The van der Waals surface area contributed by atoms with Gasteiger partial charge < -0.3 is 9.84 Å². The van der Waals surface area contributed by atoms with Crippen LogP contribution in [0.3, 0.4) is 0 Å². The van der Waals surface area contributed by atoms with Gasteiger partial charge in [0.2, 0.25) is 0 Å². The van der Waals surface area contributed by atoms with Crippen LogP contribution in [0.2, 0.25) is 0 Å². The first-order chi connectivity index (χ1) is 6.33. The van der Waals surface area contributed by atoms with E-state index in [1.54, 1.807) is 11.3 Å². The lowest BCUT2D eigenvalue weighted by molar-refractivity contribution is 0.0742. The lowest BCUT2D eigenvalue weighted by atomic mass is 10.0. The van der Waals surface area contributed by atoms with E-state index >= 15 is 0 Å². The Kier molecular flexibility index (Phi) is 3.03. The van der Waals surface area contributed by atoms with Crippen LogP contribution in [-0.2, 0) is 4.74 Å². The summed E-state index contributed by atoms with van der Waals surface area (Å²) in [5.41, 5.74) is 0. The van der Waals surface area contributed by atoms with Crippen LogP contribution in [0.1, 0.15) is 17.4 Å². The first kappa shape index (κ1) is 9.65. The Morgan fingerprint density at radius 2 is 2.54 bits per heavy atom. The van der Waals surface area contributed by atoms with Crippen LogP contribution in [-0.4, -0.2) is 18.3 Å². The van der Waals surface area contributed by atoms with Crippen LogP contribution in [0.4, 0.5) is 0 Å². The number of rotatable bonds is 2. The lowest BCUT2D eigenvalue weighted by Crippen LogP contribution is -2.10. The molecule has 1 aromatic heterocycles. The molecule has 2 heterocycles. The molecule has 2 unspecified atom stereocenters. The van der Waals surface area contributed by atoms with Gasteiger partial charge in [-0.25, -0.2) is 0 Å². The number of thiophene rings is 1. The molecule has 13 heavy (non-hydrogen) atoms. The minimum Gasteiger partial charge on any atom is -0.396 e. The topological polar surface area (TPSA) is 29.5 Å². The van der Waals surface area contributed by atoms with E-state index in [1.807, 2.05) is 11.4 Å². The monoisotopic (exact) mass is 262 g/mol. The van der Waals surface area contributed by atoms with Crippen LogP contribution in [0, 0.1) is 5.92 Å². The zero-order chi connectivity index (χ0) is 9.26. The van der Waals surface area contributed by atoms with E-state index in [1.165, 1.54) is 4.88 Å². The van der Waals surface area contributed by atoms with E-state index in [9.17, 15) is 0 Å². The highest BCUT2D eigenvalue weighted by atomic mass is 79.9. The van der Waals surface area contributed by atoms with Crippen molar-refractivity contribution in [2.24, 2.45) is 5.92 Å². The number of hydrogen-bond acceptors (Lipinski definition) is 3. The van der Waals surface area contributed by atoms with Gasteiger partial charge in [0.25, 0.3) is 0 Å². The summed E-state index contributed by atoms with van der Waals surface area (Å²) < 4.78 is 6.70. The zero-order valence-corrected chi connectivity index (χ0v) is 9.47. The molecule has 72 valence electrons. The predicted molar refractivity (Wildman–Crippen MR) is 55.9 cm³/mol. The van der Waals surface area contributed by atoms with Gasteiger partial charge >= 0.3 is 0 Å². The van der Waals surface area contributed by atoms with Gasteiger partial charge in [-0.1, -0.05) is 0 Å². The van der Waals surface area contributed by atoms with Crippen LogP contribution in [0.5, 0.6) is 0 Å². The summed E-state index contributed by atoms with van der Waals surface area (Å²) in [5.74, 6) is 0.273. The first-order valence-corrected chi connectivity index (χ1v) is 5.95. The molecule has 2 nitrogen and oxygen atoms in total. The molecule has 0 radical (unpaired) electrons. The molecule has 1 saturated heterocycles. The molecule has 0 bridgehead atoms. The Labute approximate surface area is 89.7 Å². The highest BCUT2D eigenvalue weighted by molar-refractivity contribution is 9.10. The number of halogens is 1. The Hall–Kier alpha value is 0.100. The fourth-order valence-electron chi connectivity index (χ4n) is 1.62. The van der Waals surface area contributed by atoms with Crippen LogP contribution < -0.4 is 0 Å². The van der Waals surface area contributed by atoms with Gasteiger partial charge in [0.05, 0.1) is 6.10 Å². The minimum absolute atomic E-state index is 0.0966. The summed E-state index contributed by atoms with van der Waals surface area (Å²) in [5, 5.41) is 11.2. The summed E-state index contributed by atoms with van der Waals surface area (Å²) in [6, 6.07) is 2.02. The number of aliphatic hydroxyl groups is 1. The molecule has 0 aliphatic carbocycles. The van der Waals surface area contributed by atoms with Crippen molar-refractivity contribution in [3.8, 4) is 0 Å². The fourth-order valence-corrected chi connectivity index (χ4v) is 3.36. The molecule has 1 aromatic rings. The smallest absolute Gasteiger partial charge is 0.0978 e. The van der Waals surface area contributed by atoms with Crippen LogP contribution in [0.15, 0.2) is 15.9 Å². The fraction of sp³-hybridized carbons (Fsp3) is 0.556. The molecule has 4 heteroatoms. The van der Waals surface area contributed by atoms with Crippen molar-refractivity contribution >= 4 is 27.3 Å². The summed E-state index contributed by atoms with van der Waals surface area (Å²) in [7, 11) is 0. The predicted octanol–water partition coefficient (Wildman–Crippen LogP) is 2.58. The SMILES string of the molecule is OCC1CCOC1c1sccc1Br.